The Kier molecular flexibility index (Phi) is 5.58. The van der Waals surface area contributed by atoms with Gasteiger partial charge in [-0.3, -0.25) is 9.69 Å². The van der Waals surface area contributed by atoms with Crippen LogP contribution in [0.1, 0.15) is 37.2 Å². The number of carbonyl (C=O) groups is 1. The molecule has 4 fully saturated rings. The van der Waals surface area contributed by atoms with Crippen LogP contribution in [0.25, 0.3) is 10.8 Å². The first-order valence-corrected chi connectivity index (χ1v) is 12.4. The minimum atomic E-state index is -0.390. The molecule has 1 saturated carbocycles. The second-order valence-electron chi connectivity index (χ2n) is 10.2. The lowest BCUT2D eigenvalue weighted by molar-refractivity contribution is -0.118. The largest absolute Gasteiger partial charge is 0.389 e. The summed E-state index contributed by atoms with van der Waals surface area (Å²) >= 11 is 6.68. The van der Waals surface area contributed by atoms with Gasteiger partial charge in [0.15, 0.2) is 0 Å². The summed E-state index contributed by atoms with van der Waals surface area (Å²) in [4.78, 5) is 19.5. The first-order valence-electron chi connectivity index (χ1n) is 12.0. The van der Waals surface area contributed by atoms with Gasteiger partial charge in [-0.2, -0.15) is 0 Å². The number of ether oxygens (including phenoxy) is 2. The van der Waals surface area contributed by atoms with Gasteiger partial charge >= 0.3 is 0 Å². The average Bonchev–Trinajstić information content (AvgIpc) is 3.09. The fourth-order valence-corrected chi connectivity index (χ4v) is 6.30. The van der Waals surface area contributed by atoms with Crippen LogP contribution in [-0.4, -0.2) is 72.6 Å². The van der Waals surface area contributed by atoms with Gasteiger partial charge in [-0.25, -0.2) is 4.98 Å². The number of piperidine rings is 1. The molecule has 3 saturated heterocycles. The molecule has 3 aliphatic heterocycles. The lowest BCUT2D eigenvalue weighted by Gasteiger charge is -2.36. The molecule has 4 aliphatic rings. The molecule has 1 aliphatic carbocycles. The summed E-state index contributed by atoms with van der Waals surface area (Å²) in [5.74, 6) is 1.04. The number of hydrogen-bond acceptors (Lipinski definition) is 6. The number of likely N-dealkylation sites (tertiary alicyclic amines) is 1. The molecule has 4 heterocycles. The Balaban J connectivity index is 1.16. The monoisotopic (exact) mass is 471 g/mol. The van der Waals surface area contributed by atoms with Gasteiger partial charge in [-0.1, -0.05) is 11.6 Å². The second-order valence-corrected chi connectivity index (χ2v) is 10.6. The highest BCUT2D eigenvalue weighted by atomic mass is 35.5. The number of amides is 1. The molecule has 1 spiro atoms. The van der Waals surface area contributed by atoms with Crippen molar-refractivity contribution in [3.8, 4) is 0 Å². The third-order valence-corrected chi connectivity index (χ3v) is 8.52. The van der Waals surface area contributed by atoms with Crippen LogP contribution in [0.15, 0.2) is 24.4 Å². The minimum Gasteiger partial charge on any atom is -0.389 e. The number of nitrogens with one attached hydrogen (secondary N) is 1. The number of aliphatic hydroxyl groups is 1. The van der Waals surface area contributed by atoms with E-state index in [1.807, 2.05) is 12.1 Å². The molecule has 1 aromatic carbocycles. The van der Waals surface area contributed by atoms with Gasteiger partial charge in [-0.15, -0.1) is 0 Å². The van der Waals surface area contributed by atoms with Crippen molar-refractivity contribution in [3.05, 3.63) is 35.0 Å². The minimum absolute atomic E-state index is 0.0345. The molecule has 2 N–H and O–H groups in total. The van der Waals surface area contributed by atoms with Gasteiger partial charge in [0.05, 0.1) is 32.0 Å². The third-order valence-electron chi connectivity index (χ3n) is 8.19. The van der Waals surface area contributed by atoms with Crippen LogP contribution in [0.3, 0.4) is 0 Å². The molecule has 33 heavy (non-hydrogen) atoms. The van der Waals surface area contributed by atoms with Crippen molar-refractivity contribution in [2.24, 2.45) is 11.3 Å². The molecule has 4 atom stereocenters. The molecule has 1 aromatic heterocycles. The van der Waals surface area contributed by atoms with E-state index in [9.17, 15) is 9.90 Å². The molecule has 0 radical (unpaired) electrons. The number of benzene rings is 1. The number of carbonyl (C=O) groups excluding carboxylic acids is 1. The van der Waals surface area contributed by atoms with E-state index in [4.69, 9.17) is 21.1 Å². The Hall–Kier alpha value is -1.77. The van der Waals surface area contributed by atoms with Crippen LogP contribution < -0.4 is 5.32 Å². The third kappa shape index (κ3) is 4.04. The van der Waals surface area contributed by atoms with Crippen molar-refractivity contribution >= 4 is 34.1 Å². The maximum atomic E-state index is 12.7. The molecule has 1 unspecified atom stereocenters. The fourth-order valence-electron chi connectivity index (χ4n) is 5.98. The lowest BCUT2D eigenvalue weighted by atomic mass is 9.87. The van der Waals surface area contributed by atoms with Crippen molar-refractivity contribution in [1.82, 2.24) is 9.88 Å². The van der Waals surface area contributed by atoms with Gasteiger partial charge in [0, 0.05) is 34.5 Å². The summed E-state index contributed by atoms with van der Waals surface area (Å²) in [5.41, 5.74) is 1.22. The SMILES string of the molecule is O=C(Nc1cc2cc(C3CCN([C@H]4COC[C@H]4O)CC3)c(Cl)cc2cn1)[C@@H]1CC12CCOC2. The molecule has 6 rings (SSSR count). The molecular weight excluding hydrogens is 442 g/mol. The van der Waals surface area contributed by atoms with E-state index in [1.54, 1.807) is 6.20 Å². The average molecular weight is 472 g/mol. The Morgan fingerprint density at radius 2 is 2.03 bits per heavy atom. The normalized spacial score (nSPS) is 32.6. The van der Waals surface area contributed by atoms with Gasteiger partial charge < -0.3 is 19.9 Å². The van der Waals surface area contributed by atoms with E-state index in [1.165, 1.54) is 0 Å². The van der Waals surface area contributed by atoms with Crippen LogP contribution in [0, 0.1) is 11.3 Å². The van der Waals surface area contributed by atoms with Gasteiger partial charge in [0.2, 0.25) is 5.91 Å². The smallest absolute Gasteiger partial charge is 0.229 e. The molecule has 8 heteroatoms. The number of hydrogen-bond donors (Lipinski definition) is 2. The molecular formula is C25H30ClN3O4. The van der Waals surface area contributed by atoms with E-state index in [2.05, 4.69) is 21.3 Å². The summed E-state index contributed by atoms with van der Waals surface area (Å²) in [7, 11) is 0. The fraction of sp³-hybridized carbons (Fsp3) is 0.600. The number of fused-ring (bicyclic) bond motifs is 1. The van der Waals surface area contributed by atoms with Gasteiger partial charge in [-0.05, 0) is 73.8 Å². The standard InChI is InChI=1S/C25H30ClN3O4/c26-20-8-17-11-27-23(28-24(31)19-10-25(19)3-6-32-14-25)9-16(17)7-18(20)15-1-4-29(5-2-15)21-12-33-13-22(21)30/h7-9,11,15,19,21-22,30H,1-6,10,12-14H2,(H,27,28,31)/t19-,21-,22+,25?/m0/s1. The predicted molar refractivity (Wildman–Crippen MR) is 126 cm³/mol. The zero-order valence-electron chi connectivity index (χ0n) is 18.6. The topological polar surface area (TPSA) is 83.9 Å². The predicted octanol–water partition coefficient (Wildman–Crippen LogP) is 3.19. The summed E-state index contributed by atoms with van der Waals surface area (Å²) < 4.78 is 10.9. The molecule has 0 bridgehead atoms. The Morgan fingerprint density at radius 3 is 2.76 bits per heavy atom. The summed E-state index contributed by atoms with van der Waals surface area (Å²) in [5, 5.41) is 15.9. The highest BCUT2D eigenvalue weighted by molar-refractivity contribution is 6.32. The number of aliphatic hydroxyl groups excluding tert-OH is 1. The van der Waals surface area contributed by atoms with Crippen molar-refractivity contribution in [1.29, 1.82) is 0 Å². The summed E-state index contributed by atoms with van der Waals surface area (Å²) in [6.45, 7) is 4.35. The van der Waals surface area contributed by atoms with E-state index in [0.717, 1.165) is 66.7 Å². The van der Waals surface area contributed by atoms with Crippen molar-refractivity contribution in [2.75, 3.05) is 44.8 Å². The molecule has 176 valence electrons. The Morgan fingerprint density at radius 1 is 1.18 bits per heavy atom. The number of aromatic nitrogens is 1. The zero-order chi connectivity index (χ0) is 22.6. The van der Waals surface area contributed by atoms with E-state index in [0.29, 0.717) is 31.6 Å². The van der Waals surface area contributed by atoms with Crippen molar-refractivity contribution in [3.63, 3.8) is 0 Å². The number of nitrogens with zero attached hydrogens (tertiary/aromatic N) is 2. The maximum absolute atomic E-state index is 12.7. The summed E-state index contributed by atoms with van der Waals surface area (Å²) in [6, 6.07) is 6.20. The van der Waals surface area contributed by atoms with Gasteiger partial charge in [0.25, 0.3) is 0 Å². The quantitative estimate of drug-likeness (QED) is 0.712. The summed E-state index contributed by atoms with van der Waals surface area (Å²) in [6.07, 6.45) is 5.27. The number of rotatable bonds is 4. The molecule has 1 amide bonds. The van der Waals surface area contributed by atoms with Crippen LogP contribution in [0.5, 0.6) is 0 Å². The highest BCUT2D eigenvalue weighted by Gasteiger charge is 2.59. The zero-order valence-corrected chi connectivity index (χ0v) is 19.4. The van der Waals surface area contributed by atoms with Crippen LogP contribution in [0.4, 0.5) is 5.82 Å². The van der Waals surface area contributed by atoms with Crippen LogP contribution in [0.2, 0.25) is 5.02 Å². The van der Waals surface area contributed by atoms with Crippen LogP contribution >= 0.6 is 11.6 Å². The number of pyridine rings is 1. The Bertz CT molecular complexity index is 1070. The molecule has 2 aromatic rings. The van der Waals surface area contributed by atoms with Gasteiger partial charge in [0.1, 0.15) is 5.82 Å². The lowest BCUT2D eigenvalue weighted by Crippen LogP contribution is -2.46. The Labute approximate surface area is 198 Å². The second kappa shape index (κ2) is 8.47. The van der Waals surface area contributed by atoms with Crippen molar-refractivity contribution < 1.29 is 19.4 Å². The molecule has 7 nitrogen and oxygen atoms in total. The van der Waals surface area contributed by atoms with E-state index >= 15 is 0 Å². The maximum Gasteiger partial charge on any atom is 0.229 e. The highest BCUT2D eigenvalue weighted by Crippen LogP contribution is 2.58. The first kappa shape index (κ1) is 21.7. The van der Waals surface area contributed by atoms with E-state index < -0.39 is 6.10 Å². The van der Waals surface area contributed by atoms with E-state index in [-0.39, 0.29) is 23.3 Å². The number of halogens is 1. The number of anilines is 1. The van der Waals surface area contributed by atoms with Crippen LogP contribution in [-0.2, 0) is 14.3 Å². The first-order chi connectivity index (χ1) is 16.0. The van der Waals surface area contributed by atoms with Crippen molar-refractivity contribution in [2.45, 2.75) is 43.7 Å².